The van der Waals surface area contributed by atoms with Crippen LogP contribution >= 0.6 is 0 Å². The Labute approximate surface area is 242 Å². The molecule has 10 nitrogen and oxygen atoms in total. The van der Waals surface area contributed by atoms with Crippen LogP contribution in [-0.4, -0.2) is 48.0 Å². The van der Waals surface area contributed by atoms with Gasteiger partial charge in [0.15, 0.2) is 17.6 Å². The molecule has 0 saturated carbocycles. The summed E-state index contributed by atoms with van der Waals surface area (Å²) in [6.45, 7) is 8.16. The predicted molar refractivity (Wildman–Crippen MR) is 159 cm³/mol. The molecule has 10 heteroatoms. The highest BCUT2D eigenvalue weighted by molar-refractivity contribution is 6.09. The first-order chi connectivity index (χ1) is 19.9. The molecule has 0 radical (unpaired) electrons. The van der Waals surface area contributed by atoms with Gasteiger partial charge in [0.25, 0.3) is 0 Å². The van der Waals surface area contributed by atoms with Crippen molar-refractivity contribution in [3.8, 4) is 5.75 Å². The molecule has 0 saturated heterocycles. The molecule has 1 amide bonds. The van der Waals surface area contributed by atoms with E-state index in [2.05, 4.69) is 0 Å². The zero-order valence-corrected chi connectivity index (χ0v) is 24.8. The zero-order chi connectivity index (χ0) is 30.5. The monoisotopic (exact) mass is 574 g/mol. The van der Waals surface area contributed by atoms with E-state index in [1.54, 1.807) is 27.0 Å². The fourth-order valence-corrected chi connectivity index (χ4v) is 5.92. The standard InChI is InChI=1S/C32H34N2O8/c1-8-13-34(31(38)39-7)23-16-24-26(29(40-17(2)35)30(41-18(3)36)32(4,5)42-24)27-25(23)28(37)21-14-19-11-9-10-12-20(19)15-22(21)33(27)6/h9-12,14-16,29-30H,8,13H2,1-7H3/t29-,30-/m0/s1. The van der Waals surface area contributed by atoms with Gasteiger partial charge in [0, 0.05) is 38.9 Å². The van der Waals surface area contributed by atoms with Crippen LogP contribution in [0.5, 0.6) is 5.75 Å². The molecular weight excluding hydrogens is 540 g/mol. The lowest BCUT2D eigenvalue weighted by Crippen LogP contribution is -2.52. The summed E-state index contributed by atoms with van der Waals surface area (Å²) in [5.74, 6) is -0.891. The molecule has 220 valence electrons. The molecule has 0 N–H and O–H groups in total. The number of aryl methyl sites for hydroxylation is 1. The molecule has 0 aliphatic carbocycles. The molecular formula is C32H34N2O8. The summed E-state index contributed by atoms with van der Waals surface area (Å²) in [5.41, 5.74) is 0.223. The van der Waals surface area contributed by atoms with E-state index in [4.69, 9.17) is 18.9 Å². The quantitative estimate of drug-likeness (QED) is 0.174. The van der Waals surface area contributed by atoms with E-state index in [1.807, 2.05) is 47.9 Å². The van der Waals surface area contributed by atoms with Crippen molar-refractivity contribution in [1.82, 2.24) is 4.57 Å². The fourth-order valence-electron chi connectivity index (χ4n) is 5.92. The number of benzene rings is 3. The van der Waals surface area contributed by atoms with Crippen LogP contribution in [0.25, 0.3) is 32.6 Å². The van der Waals surface area contributed by atoms with E-state index >= 15 is 0 Å². The smallest absolute Gasteiger partial charge is 0.414 e. The topological polar surface area (TPSA) is 113 Å². The lowest BCUT2D eigenvalue weighted by molar-refractivity contribution is -0.187. The molecule has 4 aromatic rings. The summed E-state index contributed by atoms with van der Waals surface area (Å²) in [7, 11) is 3.09. The first-order valence-corrected chi connectivity index (χ1v) is 13.8. The minimum Gasteiger partial charge on any atom is -0.483 e. The Kier molecular flexibility index (Phi) is 7.34. The van der Waals surface area contributed by atoms with Crippen molar-refractivity contribution in [2.45, 2.75) is 58.8 Å². The van der Waals surface area contributed by atoms with Gasteiger partial charge in [-0.2, -0.15) is 0 Å². The molecule has 1 aromatic heterocycles. The molecule has 0 unspecified atom stereocenters. The molecule has 5 rings (SSSR count). The fraction of sp³-hybridized carbons (Fsp3) is 0.375. The third kappa shape index (κ3) is 4.70. The number of aromatic nitrogens is 1. The summed E-state index contributed by atoms with van der Waals surface area (Å²) < 4.78 is 25.0. The van der Waals surface area contributed by atoms with Crippen molar-refractivity contribution in [2.24, 2.45) is 7.05 Å². The number of nitrogens with zero attached hydrogens (tertiary/aromatic N) is 2. The van der Waals surface area contributed by atoms with Gasteiger partial charge < -0.3 is 23.5 Å². The number of carbonyl (C=O) groups excluding carboxylic acids is 3. The molecule has 0 bridgehead atoms. The number of carbonyl (C=O) groups is 3. The van der Waals surface area contributed by atoms with Crippen molar-refractivity contribution in [2.75, 3.05) is 18.6 Å². The van der Waals surface area contributed by atoms with E-state index < -0.39 is 35.8 Å². The molecule has 1 aliphatic rings. The number of pyridine rings is 1. The Morgan fingerprint density at radius 1 is 1.02 bits per heavy atom. The van der Waals surface area contributed by atoms with Crippen LogP contribution in [0.2, 0.25) is 0 Å². The number of anilines is 1. The first kappa shape index (κ1) is 28.9. The zero-order valence-electron chi connectivity index (χ0n) is 24.8. The normalized spacial score (nSPS) is 17.4. The molecule has 1 aliphatic heterocycles. The number of fused-ring (bicyclic) bond motifs is 5. The number of hydrogen-bond donors (Lipinski definition) is 0. The van der Waals surface area contributed by atoms with Crippen molar-refractivity contribution in [3.63, 3.8) is 0 Å². The van der Waals surface area contributed by atoms with Gasteiger partial charge in [0.2, 0.25) is 0 Å². The average molecular weight is 575 g/mol. The van der Waals surface area contributed by atoms with E-state index in [9.17, 15) is 19.2 Å². The second kappa shape index (κ2) is 10.7. The van der Waals surface area contributed by atoms with Gasteiger partial charge in [-0.3, -0.25) is 19.3 Å². The van der Waals surface area contributed by atoms with Crippen molar-refractivity contribution in [3.05, 3.63) is 58.3 Å². The second-order valence-corrected chi connectivity index (χ2v) is 11.0. The van der Waals surface area contributed by atoms with E-state index in [0.29, 0.717) is 34.1 Å². The number of hydrogen-bond acceptors (Lipinski definition) is 8. The van der Waals surface area contributed by atoms with E-state index in [-0.39, 0.29) is 23.1 Å². The van der Waals surface area contributed by atoms with E-state index in [0.717, 1.165) is 10.8 Å². The summed E-state index contributed by atoms with van der Waals surface area (Å²) in [6.07, 6.45) is -2.19. The van der Waals surface area contributed by atoms with Crippen LogP contribution in [-0.2, 0) is 30.8 Å². The summed E-state index contributed by atoms with van der Waals surface area (Å²) in [6, 6.07) is 13.1. The van der Waals surface area contributed by atoms with Crippen LogP contribution in [0.1, 0.15) is 52.7 Å². The Morgan fingerprint density at radius 2 is 1.67 bits per heavy atom. The minimum absolute atomic E-state index is 0.222. The highest BCUT2D eigenvalue weighted by Crippen LogP contribution is 2.49. The lowest BCUT2D eigenvalue weighted by atomic mass is 9.85. The van der Waals surface area contributed by atoms with Gasteiger partial charge in [0.05, 0.1) is 34.8 Å². The molecule has 2 heterocycles. The molecule has 3 aromatic carbocycles. The second-order valence-electron chi connectivity index (χ2n) is 11.0. The summed E-state index contributed by atoms with van der Waals surface area (Å²) in [5, 5.41) is 2.49. The number of ether oxygens (including phenoxy) is 4. The van der Waals surface area contributed by atoms with Crippen LogP contribution < -0.4 is 15.1 Å². The lowest BCUT2D eigenvalue weighted by Gasteiger charge is -2.44. The third-order valence-electron chi connectivity index (χ3n) is 7.65. The van der Waals surface area contributed by atoms with E-state index in [1.165, 1.54) is 25.9 Å². The number of amides is 1. The van der Waals surface area contributed by atoms with Crippen LogP contribution in [0.4, 0.5) is 10.5 Å². The van der Waals surface area contributed by atoms with Gasteiger partial charge in [-0.05, 0) is 43.2 Å². The number of esters is 2. The van der Waals surface area contributed by atoms with Crippen molar-refractivity contribution >= 4 is 56.3 Å². The number of methoxy groups -OCH3 is 1. The molecule has 0 fully saturated rings. The first-order valence-electron chi connectivity index (χ1n) is 13.8. The van der Waals surface area contributed by atoms with Gasteiger partial charge in [-0.25, -0.2) is 4.79 Å². The largest absolute Gasteiger partial charge is 0.483 e. The summed E-state index contributed by atoms with van der Waals surface area (Å²) in [4.78, 5) is 53.7. The molecule has 42 heavy (non-hydrogen) atoms. The van der Waals surface area contributed by atoms with Gasteiger partial charge in [-0.1, -0.05) is 31.2 Å². The highest BCUT2D eigenvalue weighted by atomic mass is 16.6. The summed E-state index contributed by atoms with van der Waals surface area (Å²) >= 11 is 0. The van der Waals surface area contributed by atoms with Gasteiger partial charge >= 0.3 is 18.0 Å². The van der Waals surface area contributed by atoms with Crippen LogP contribution in [0.3, 0.4) is 0 Å². The predicted octanol–water partition coefficient (Wildman–Crippen LogP) is 5.53. The van der Waals surface area contributed by atoms with Crippen LogP contribution in [0, 0.1) is 0 Å². The van der Waals surface area contributed by atoms with Gasteiger partial charge in [-0.15, -0.1) is 0 Å². The Bertz CT molecular complexity index is 1820. The van der Waals surface area contributed by atoms with Crippen LogP contribution in [0.15, 0.2) is 47.3 Å². The maximum atomic E-state index is 14.5. The Morgan fingerprint density at radius 3 is 2.26 bits per heavy atom. The minimum atomic E-state index is -1.14. The third-order valence-corrected chi connectivity index (χ3v) is 7.65. The average Bonchev–Trinajstić information content (AvgIpc) is 2.93. The molecule has 2 atom stereocenters. The SMILES string of the molecule is CCCN(C(=O)OC)c1cc2c(c3c1c(=O)c1cc4ccccc4cc1n3C)[C@H](OC(C)=O)[C@H](OC(C)=O)C(C)(C)O2. The van der Waals surface area contributed by atoms with Crippen molar-refractivity contribution < 1.29 is 33.3 Å². The van der Waals surface area contributed by atoms with Gasteiger partial charge in [0.1, 0.15) is 11.4 Å². The number of rotatable bonds is 5. The Hall–Kier alpha value is -4.60. The van der Waals surface area contributed by atoms with Crippen molar-refractivity contribution in [1.29, 1.82) is 0 Å². The maximum Gasteiger partial charge on any atom is 0.414 e. The highest BCUT2D eigenvalue weighted by Gasteiger charge is 2.50. The maximum absolute atomic E-state index is 14.5. The molecule has 0 spiro atoms. The Balaban J connectivity index is 2.01.